The highest BCUT2D eigenvalue weighted by molar-refractivity contribution is 5.91. The van der Waals surface area contributed by atoms with Gasteiger partial charge in [-0.25, -0.2) is 22.4 Å². The van der Waals surface area contributed by atoms with E-state index in [4.69, 9.17) is 10.00 Å². The number of unbranched alkanes of at least 4 members (excludes halogenated alkanes) is 2. The molecule has 0 aliphatic heterocycles. The molecule has 0 saturated heterocycles. The van der Waals surface area contributed by atoms with Gasteiger partial charge >= 0.3 is 5.97 Å². The van der Waals surface area contributed by atoms with Crippen molar-refractivity contribution < 1.29 is 27.1 Å². The van der Waals surface area contributed by atoms with Gasteiger partial charge in [0.1, 0.15) is 40.7 Å². The van der Waals surface area contributed by atoms with E-state index in [2.05, 4.69) is 6.92 Å². The second-order valence-electron chi connectivity index (χ2n) is 10.3. The largest absolute Gasteiger partial charge is 0.423 e. The Hall–Kier alpha value is -2.88. The van der Waals surface area contributed by atoms with E-state index >= 15 is 8.78 Å². The molecule has 2 aliphatic carbocycles. The van der Waals surface area contributed by atoms with Crippen LogP contribution in [0.25, 0.3) is 0 Å². The van der Waals surface area contributed by atoms with Gasteiger partial charge in [-0.1, -0.05) is 39.0 Å². The van der Waals surface area contributed by atoms with Crippen molar-refractivity contribution in [1.82, 2.24) is 0 Å². The van der Waals surface area contributed by atoms with Crippen LogP contribution >= 0.6 is 0 Å². The summed E-state index contributed by atoms with van der Waals surface area (Å²) in [4.78, 5) is 12.4. The third kappa shape index (κ3) is 5.74. The molecule has 2 aromatic rings. The van der Waals surface area contributed by atoms with E-state index < -0.39 is 40.6 Å². The number of halogens is 4. The van der Waals surface area contributed by atoms with Crippen LogP contribution in [-0.4, -0.2) is 5.97 Å². The lowest BCUT2D eigenvalue weighted by Gasteiger charge is -2.42. The Labute approximate surface area is 209 Å². The summed E-state index contributed by atoms with van der Waals surface area (Å²) in [5.74, 6) is -4.04. The van der Waals surface area contributed by atoms with Crippen LogP contribution in [0.2, 0.25) is 0 Å². The van der Waals surface area contributed by atoms with Crippen molar-refractivity contribution in [1.29, 1.82) is 5.26 Å². The molecule has 4 atom stereocenters. The van der Waals surface area contributed by atoms with Crippen molar-refractivity contribution in [3.8, 4) is 11.8 Å². The zero-order valence-corrected chi connectivity index (χ0v) is 20.5. The van der Waals surface area contributed by atoms with Gasteiger partial charge in [0.15, 0.2) is 0 Å². The minimum Gasteiger partial charge on any atom is -0.423 e. The molecule has 2 fully saturated rings. The van der Waals surface area contributed by atoms with Gasteiger partial charge in [0.05, 0.1) is 5.56 Å². The molecule has 0 N–H and O–H groups in total. The highest BCUT2D eigenvalue weighted by Gasteiger charge is 2.37. The number of ether oxygens (including phenoxy) is 1. The number of nitrogens with zero attached hydrogens (tertiary/aromatic N) is 1. The van der Waals surface area contributed by atoms with Crippen LogP contribution in [0.15, 0.2) is 24.3 Å². The predicted molar refractivity (Wildman–Crippen MR) is 127 cm³/mol. The quantitative estimate of drug-likeness (QED) is 0.166. The summed E-state index contributed by atoms with van der Waals surface area (Å²) >= 11 is 0. The van der Waals surface area contributed by atoms with Gasteiger partial charge in [0.2, 0.25) is 0 Å². The van der Waals surface area contributed by atoms with E-state index in [0.29, 0.717) is 30.4 Å². The molecule has 2 aromatic carbocycles. The first-order chi connectivity index (χ1) is 17.3. The summed E-state index contributed by atoms with van der Waals surface area (Å²) in [6.07, 6.45) is 11.0. The van der Waals surface area contributed by atoms with Crippen LogP contribution in [0.5, 0.6) is 5.75 Å². The molecule has 36 heavy (non-hydrogen) atoms. The van der Waals surface area contributed by atoms with Gasteiger partial charge in [-0.3, -0.25) is 0 Å². The number of benzene rings is 2. The molecule has 0 radical (unpaired) electrons. The normalized spacial score (nSPS) is 23.6. The molecule has 0 bridgehead atoms. The number of esters is 1. The van der Waals surface area contributed by atoms with Gasteiger partial charge in [0.25, 0.3) is 0 Å². The fourth-order valence-electron chi connectivity index (χ4n) is 6.17. The summed E-state index contributed by atoms with van der Waals surface area (Å²) in [5, 5.41) is 8.74. The van der Waals surface area contributed by atoms with E-state index in [-0.39, 0.29) is 17.0 Å². The van der Waals surface area contributed by atoms with Crippen LogP contribution in [-0.2, 0) is 0 Å². The van der Waals surface area contributed by atoms with Crippen LogP contribution < -0.4 is 4.74 Å². The first-order valence-electron chi connectivity index (χ1n) is 12.9. The third-order valence-corrected chi connectivity index (χ3v) is 8.00. The average molecular weight is 502 g/mol. The molecule has 2 saturated carbocycles. The second kappa shape index (κ2) is 11.5. The topological polar surface area (TPSA) is 50.1 Å². The van der Waals surface area contributed by atoms with Gasteiger partial charge in [-0.15, -0.1) is 0 Å². The Balaban J connectivity index is 1.42. The molecule has 3 nitrogen and oxygen atoms in total. The summed E-state index contributed by atoms with van der Waals surface area (Å²) in [5.41, 5.74) is -1.19. The monoisotopic (exact) mass is 501 g/mol. The van der Waals surface area contributed by atoms with Crippen LogP contribution in [0.3, 0.4) is 0 Å². The third-order valence-electron chi connectivity index (χ3n) is 8.00. The lowest BCUT2D eigenvalue weighted by atomic mass is 9.63. The summed E-state index contributed by atoms with van der Waals surface area (Å²) in [7, 11) is 0. The maximum Gasteiger partial charge on any atom is 0.343 e. The molecule has 4 rings (SSSR count). The minimum absolute atomic E-state index is 0.00512. The molecular formula is C29H31F4NO2. The Morgan fingerprint density at radius 1 is 0.917 bits per heavy atom. The molecule has 0 amide bonds. The van der Waals surface area contributed by atoms with Crippen LogP contribution in [0.4, 0.5) is 17.6 Å². The lowest BCUT2D eigenvalue weighted by Crippen LogP contribution is -2.31. The van der Waals surface area contributed by atoms with Crippen LogP contribution in [0.1, 0.15) is 98.5 Å². The maximum absolute atomic E-state index is 15.1. The fourth-order valence-corrected chi connectivity index (χ4v) is 6.17. The van der Waals surface area contributed by atoms with Gasteiger partial charge in [-0.05, 0) is 67.9 Å². The van der Waals surface area contributed by atoms with Crippen molar-refractivity contribution in [3.63, 3.8) is 0 Å². The van der Waals surface area contributed by atoms with E-state index in [1.165, 1.54) is 44.6 Å². The number of nitriles is 1. The standard InChI is InChI=1S/C29H31F4NO2/c1-2-3-4-5-17-6-7-19-11-20(9-8-18(19)10-17)28-26(32)12-21(13-27(28)33)29(35)36-22-14-24(30)23(16-34)25(31)15-22/h12-15,17-20H,2-11H2,1H3. The zero-order valence-electron chi connectivity index (χ0n) is 20.5. The summed E-state index contributed by atoms with van der Waals surface area (Å²) in [6, 6.07) is 4.57. The van der Waals surface area contributed by atoms with E-state index in [1.807, 2.05) is 0 Å². The maximum atomic E-state index is 15.1. The van der Waals surface area contributed by atoms with Gasteiger partial charge in [-0.2, -0.15) is 5.26 Å². The van der Waals surface area contributed by atoms with Gasteiger partial charge in [0, 0.05) is 17.7 Å². The lowest BCUT2D eigenvalue weighted by molar-refractivity contribution is 0.0732. The Morgan fingerprint density at radius 2 is 1.56 bits per heavy atom. The smallest absolute Gasteiger partial charge is 0.343 e. The second-order valence-corrected chi connectivity index (χ2v) is 10.3. The van der Waals surface area contributed by atoms with Crippen molar-refractivity contribution in [2.24, 2.45) is 17.8 Å². The minimum atomic E-state index is -1.20. The SMILES string of the molecule is CCCCCC1CCC2CC(c3c(F)cc(C(=O)Oc4cc(F)c(C#N)c(F)c4)cc3F)CCC2C1. The van der Waals surface area contributed by atoms with E-state index in [1.54, 1.807) is 0 Å². The average Bonchev–Trinajstić information content (AvgIpc) is 2.83. The molecule has 2 aliphatic rings. The zero-order chi connectivity index (χ0) is 25.8. The molecule has 0 aromatic heterocycles. The molecular weight excluding hydrogens is 470 g/mol. The first kappa shape index (κ1) is 26.2. The summed E-state index contributed by atoms with van der Waals surface area (Å²) in [6.45, 7) is 2.21. The van der Waals surface area contributed by atoms with Gasteiger partial charge < -0.3 is 4.74 Å². The molecule has 0 spiro atoms. The number of rotatable bonds is 7. The fraction of sp³-hybridized carbons (Fsp3) is 0.517. The number of hydrogen-bond acceptors (Lipinski definition) is 3. The summed E-state index contributed by atoms with van der Waals surface area (Å²) < 4.78 is 62.6. The Kier molecular flexibility index (Phi) is 8.33. The Bertz CT molecular complexity index is 1110. The van der Waals surface area contributed by atoms with Crippen molar-refractivity contribution in [2.45, 2.75) is 77.0 Å². The van der Waals surface area contributed by atoms with E-state index in [9.17, 15) is 13.6 Å². The van der Waals surface area contributed by atoms with Crippen molar-refractivity contribution in [2.75, 3.05) is 0 Å². The molecule has 192 valence electrons. The molecule has 0 heterocycles. The first-order valence-corrected chi connectivity index (χ1v) is 12.9. The van der Waals surface area contributed by atoms with Crippen molar-refractivity contribution >= 4 is 5.97 Å². The van der Waals surface area contributed by atoms with E-state index in [0.717, 1.165) is 37.3 Å². The number of fused-ring (bicyclic) bond motifs is 1. The van der Waals surface area contributed by atoms with Crippen LogP contribution in [0, 0.1) is 52.4 Å². The Morgan fingerprint density at radius 3 is 2.19 bits per heavy atom. The van der Waals surface area contributed by atoms with Crippen molar-refractivity contribution in [3.05, 3.63) is 64.2 Å². The predicted octanol–water partition coefficient (Wildman–Crippen LogP) is 8.21. The number of carbonyl (C=O) groups is 1. The molecule has 4 unspecified atom stereocenters. The number of carbonyl (C=O) groups excluding carboxylic acids is 1. The number of hydrogen-bond donors (Lipinski definition) is 0. The highest BCUT2D eigenvalue weighted by atomic mass is 19.1. The molecule has 7 heteroatoms. The highest BCUT2D eigenvalue weighted by Crippen LogP contribution is 2.49.